The lowest BCUT2D eigenvalue weighted by atomic mass is 10.1. The molecule has 1 N–H and O–H groups in total. The number of carbonyl (C=O) groups excluding carboxylic acids is 1. The number of nitro groups is 1. The Hall–Kier alpha value is -3.35. The molecule has 1 unspecified atom stereocenters. The lowest BCUT2D eigenvalue weighted by Crippen LogP contribution is -2.58. The SMILES string of the molecule is CCCCOC(=O)N1CCN(c2ccc([N+](=O)[O-])cc2C#N)C(C(=O)O)C1. The fourth-order valence-corrected chi connectivity index (χ4v) is 2.82. The molecule has 10 nitrogen and oxygen atoms in total. The molecular formula is C17H20N4O6. The van der Waals surface area contributed by atoms with E-state index in [1.54, 1.807) is 0 Å². The van der Waals surface area contributed by atoms with Crippen LogP contribution in [0.3, 0.4) is 0 Å². The number of ether oxygens (including phenoxy) is 1. The van der Waals surface area contributed by atoms with Crippen molar-refractivity contribution in [3.05, 3.63) is 33.9 Å². The highest BCUT2D eigenvalue weighted by Crippen LogP contribution is 2.28. The number of unbranched alkanes of at least 4 members (excludes halogenated alkanes) is 1. The van der Waals surface area contributed by atoms with Crippen LogP contribution in [0.25, 0.3) is 0 Å². The van der Waals surface area contributed by atoms with Gasteiger partial charge in [-0.2, -0.15) is 5.26 Å². The third kappa shape index (κ3) is 4.63. The standard InChI is InChI=1S/C17H20N4O6/c1-2-3-8-27-17(24)19-6-7-20(15(11-19)16(22)23)14-5-4-13(21(25)26)9-12(14)10-18/h4-5,9,15H,2-3,6-8,11H2,1H3,(H,22,23). The highest BCUT2D eigenvalue weighted by molar-refractivity contribution is 5.81. The van der Waals surface area contributed by atoms with Crippen LogP contribution in [0.1, 0.15) is 25.3 Å². The number of aliphatic carboxylic acids is 1. The second kappa shape index (κ2) is 8.84. The highest BCUT2D eigenvalue weighted by atomic mass is 16.6. The Balaban J connectivity index is 2.22. The number of non-ortho nitro benzene ring substituents is 1. The molecule has 1 atom stereocenters. The first-order valence-electron chi connectivity index (χ1n) is 8.48. The number of benzene rings is 1. The summed E-state index contributed by atoms with van der Waals surface area (Å²) in [7, 11) is 0. The van der Waals surface area contributed by atoms with Gasteiger partial charge in [-0.25, -0.2) is 9.59 Å². The van der Waals surface area contributed by atoms with E-state index in [1.807, 2.05) is 13.0 Å². The van der Waals surface area contributed by atoms with Crippen molar-refractivity contribution < 1.29 is 24.4 Å². The van der Waals surface area contributed by atoms with Crippen molar-refractivity contribution >= 4 is 23.4 Å². The first-order valence-corrected chi connectivity index (χ1v) is 8.48. The number of piperazine rings is 1. The zero-order valence-electron chi connectivity index (χ0n) is 14.8. The molecular weight excluding hydrogens is 356 g/mol. The van der Waals surface area contributed by atoms with Crippen LogP contribution in [0, 0.1) is 21.4 Å². The molecule has 1 saturated heterocycles. The number of hydrogen-bond donors (Lipinski definition) is 1. The van der Waals surface area contributed by atoms with E-state index in [1.165, 1.54) is 21.9 Å². The molecule has 0 aromatic heterocycles. The van der Waals surface area contributed by atoms with E-state index in [0.29, 0.717) is 0 Å². The predicted octanol–water partition coefficient (Wildman–Crippen LogP) is 1.98. The molecule has 27 heavy (non-hydrogen) atoms. The molecule has 1 aromatic carbocycles. The summed E-state index contributed by atoms with van der Waals surface area (Å²) in [6.45, 7) is 2.50. The van der Waals surface area contributed by atoms with E-state index < -0.39 is 23.0 Å². The molecule has 1 fully saturated rings. The number of nitrogens with zero attached hydrogens (tertiary/aromatic N) is 4. The Labute approximate surface area is 155 Å². The van der Waals surface area contributed by atoms with Gasteiger partial charge in [0.25, 0.3) is 5.69 Å². The van der Waals surface area contributed by atoms with E-state index in [-0.39, 0.29) is 43.2 Å². The number of anilines is 1. The molecule has 1 aromatic rings. The Bertz CT molecular complexity index is 775. The monoisotopic (exact) mass is 376 g/mol. The summed E-state index contributed by atoms with van der Waals surface area (Å²) >= 11 is 0. The Kier molecular flexibility index (Phi) is 6.54. The van der Waals surface area contributed by atoms with Gasteiger partial charge in [-0.3, -0.25) is 10.1 Å². The molecule has 1 aliphatic heterocycles. The fourth-order valence-electron chi connectivity index (χ4n) is 2.82. The lowest BCUT2D eigenvalue weighted by Gasteiger charge is -2.40. The van der Waals surface area contributed by atoms with Crippen molar-refractivity contribution in [2.45, 2.75) is 25.8 Å². The van der Waals surface area contributed by atoms with Crippen molar-refractivity contribution in [2.75, 3.05) is 31.1 Å². The molecule has 2 rings (SSSR count). The molecule has 0 saturated carbocycles. The molecule has 0 spiro atoms. The smallest absolute Gasteiger partial charge is 0.409 e. The molecule has 0 bridgehead atoms. The Morgan fingerprint density at radius 1 is 1.44 bits per heavy atom. The Morgan fingerprint density at radius 3 is 2.78 bits per heavy atom. The minimum atomic E-state index is -1.16. The maximum atomic E-state index is 12.1. The second-order valence-corrected chi connectivity index (χ2v) is 6.03. The van der Waals surface area contributed by atoms with Gasteiger partial charge in [-0.15, -0.1) is 0 Å². The van der Waals surface area contributed by atoms with Crippen molar-refractivity contribution in [3.63, 3.8) is 0 Å². The van der Waals surface area contributed by atoms with Crippen LogP contribution in [0.15, 0.2) is 18.2 Å². The van der Waals surface area contributed by atoms with Gasteiger partial charge in [0, 0.05) is 25.2 Å². The van der Waals surface area contributed by atoms with Crippen molar-refractivity contribution in [1.82, 2.24) is 4.90 Å². The summed E-state index contributed by atoms with van der Waals surface area (Å²) < 4.78 is 5.13. The number of rotatable bonds is 6. The minimum absolute atomic E-state index is 0.00872. The van der Waals surface area contributed by atoms with Crippen molar-refractivity contribution in [2.24, 2.45) is 0 Å². The number of hydrogen-bond acceptors (Lipinski definition) is 7. The van der Waals surface area contributed by atoms with Gasteiger partial charge in [0.15, 0.2) is 0 Å². The zero-order valence-corrected chi connectivity index (χ0v) is 14.8. The summed E-state index contributed by atoms with van der Waals surface area (Å²) in [6, 6.07) is 4.48. The maximum absolute atomic E-state index is 12.1. The average molecular weight is 376 g/mol. The van der Waals surface area contributed by atoms with Crippen LogP contribution >= 0.6 is 0 Å². The van der Waals surface area contributed by atoms with Gasteiger partial charge in [0.2, 0.25) is 0 Å². The van der Waals surface area contributed by atoms with E-state index in [0.717, 1.165) is 18.9 Å². The molecule has 10 heteroatoms. The molecule has 0 aliphatic carbocycles. The number of carboxylic acid groups (broad SMARTS) is 1. The van der Waals surface area contributed by atoms with Gasteiger partial charge in [0.05, 0.1) is 29.3 Å². The largest absolute Gasteiger partial charge is 0.480 e. The van der Waals surface area contributed by atoms with E-state index in [4.69, 9.17) is 4.74 Å². The summed E-state index contributed by atoms with van der Waals surface area (Å²) in [5.74, 6) is -1.16. The average Bonchev–Trinajstić information content (AvgIpc) is 2.66. The third-order valence-corrected chi connectivity index (χ3v) is 4.27. The van der Waals surface area contributed by atoms with Gasteiger partial charge in [0.1, 0.15) is 12.1 Å². The first kappa shape index (κ1) is 20.0. The second-order valence-electron chi connectivity index (χ2n) is 6.03. The fraction of sp³-hybridized carbons (Fsp3) is 0.471. The molecule has 0 radical (unpaired) electrons. The lowest BCUT2D eigenvalue weighted by molar-refractivity contribution is -0.384. The van der Waals surface area contributed by atoms with Crippen LogP contribution in [0.4, 0.5) is 16.2 Å². The first-order chi connectivity index (χ1) is 12.9. The number of amides is 1. The van der Waals surface area contributed by atoms with Crippen LogP contribution in [0.2, 0.25) is 0 Å². The quantitative estimate of drug-likeness (QED) is 0.452. The predicted molar refractivity (Wildman–Crippen MR) is 94.4 cm³/mol. The third-order valence-electron chi connectivity index (χ3n) is 4.27. The Morgan fingerprint density at radius 2 is 2.19 bits per heavy atom. The normalized spacial score (nSPS) is 16.5. The maximum Gasteiger partial charge on any atom is 0.409 e. The van der Waals surface area contributed by atoms with E-state index in [9.17, 15) is 30.1 Å². The summed E-state index contributed by atoms with van der Waals surface area (Å²) in [6.07, 6.45) is 1.02. The summed E-state index contributed by atoms with van der Waals surface area (Å²) in [5.41, 5.74) is 0.0456. The van der Waals surface area contributed by atoms with Crippen molar-refractivity contribution in [3.8, 4) is 6.07 Å². The number of nitriles is 1. The molecule has 1 heterocycles. The van der Waals surface area contributed by atoms with Crippen LogP contribution in [-0.2, 0) is 9.53 Å². The van der Waals surface area contributed by atoms with Crippen LogP contribution < -0.4 is 4.90 Å². The number of carbonyl (C=O) groups is 2. The molecule has 1 aliphatic rings. The van der Waals surface area contributed by atoms with E-state index >= 15 is 0 Å². The number of carboxylic acids is 1. The summed E-state index contributed by atoms with van der Waals surface area (Å²) in [4.78, 5) is 36.9. The van der Waals surface area contributed by atoms with Gasteiger partial charge in [-0.05, 0) is 12.5 Å². The molecule has 144 valence electrons. The highest BCUT2D eigenvalue weighted by Gasteiger charge is 2.36. The van der Waals surface area contributed by atoms with E-state index in [2.05, 4.69) is 0 Å². The number of nitro benzene ring substituents is 1. The van der Waals surface area contributed by atoms with Gasteiger partial charge >= 0.3 is 12.1 Å². The topological polar surface area (TPSA) is 137 Å². The van der Waals surface area contributed by atoms with Crippen molar-refractivity contribution in [1.29, 1.82) is 5.26 Å². The minimum Gasteiger partial charge on any atom is -0.480 e. The van der Waals surface area contributed by atoms with Crippen LogP contribution in [-0.4, -0.2) is 59.3 Å². The summed E-state index contributed by atoms with van der Waals surface area (Å²) in [5, 5.41) is 29.8. The van der Waals surface area contributed by atoms with Gasteiger partial charge < -0.3 is 19.6 Å². The van der Waals surface area contributed by atoms with Gasteiger partial charge in [-0.1, -0.05) is 13.3 Å². The van der Waals surface area contributed by atoms with Crippen LogP contribution in [0.5, 0.6) is 0 Å². The zero-order chi connectivity index (χ0) is 20.0. The molecule has 1 amide bonds.